The van der Waals surface area contributed by atoms with Crippen molar-refractivity contribution in [3.63, 3.8) is 0 Å². The summed E-state index contributed by atoms with van der Waals surface area (Å²) in [6.07, 6.45) is 5.74. The zero-order valence-corrected chi connectivity index (χ0v) is 14.5. The summed E-state index contributed by atoms with van der Waals surface area (Å²) in [5.74, 6) is -0.449. The Bertz CT molecular complexity index is 739. The first-order valence-corrected chi connectivity index (χ1v) is 8.74. The average Bonchev–Trinajstić information content (AvgIpc) is 3.23. The third-order valence-electron chi connectivity index (χ3n) is 4.10. The number of thiophene rings is 1. The molecule has 1 saturated heterocycles. The van der Waals surface area contributed by atoms with Crippen LogP contribution in [-0.2, 0) is 4.74 Å². The lowest BCUT2D eigenvalue weighted by molar-refractivity contribution is 0.0602. The van der Waals surface area contributed by atoms with Crippen LogP contribution in [0.1, 0.15) is 34.8 Å². The van der Waals surface area contributed by atoms with Gasteiger partial charge >= 0.3 is 12.0 Å². The number of hydrogen-bond acceptors (Lipinski definition) is 5. The summed E-state index contributed by atoms with van der Waals surface area (Å²) in [5, 5.41) is 10.6. The highest BCUT2D eigenvalue weighted by Crippen LogP contribution is 2.25. The maximum atomic E-state index is 12.5. The van der Waals surface area contributed by atoms with E-state index in [1.165, 1.54) is 18.4 Å². The quantitative estimate of drug-likeness (QED) is 0.865. The molecule has 0 saturated carbocycles. The van der Waals surface area contributed by atoms with E-state index in [4.69, 9.17) is 4.74 Å². The molecule has 24 heavy (non-hydrogen) atoms. The summed E-state index contributed by atoms with van der Waals surface area (Å²) >= 11 is 1.35. The molecule has 0 aromatic carbocycles. The zero-order valence-electron chi connectivity index (χ0n) is 13.7. The van der Waals surface area contributed by atoms with Crippen molar-refractivity contribution in [1.29, 1.82) is 0 Å². The first kappa shape index (κ1) is 16.5. The van der Waals surface area contributed by atoms with Crippen LogP contribution in [0.5, 0.6) is 0 Å². The normalized spacial score (nSPS) is 17.6. The molecule has 1 fully saturated rings. The summed E-state index contributed by atoms with van der Waals surface area (Å²) in [4.78, 5) is 26.0. The molecule has 3 rings (SSSR count). The van der Waals surface area contributed by atoms with Crippen LogP contribution in [0, 0.1) is 6.92 Å². The smallest absolute Gasteiger partial charge is 0.340 e. The van der Waals surface area contributed by atoms with Crippen molar-refractivity contribution in [2.45, 2.75) is 25.8 Å². The van der Waals surface area contributed by atoms with Crippen LogP contribution in [-0.4, -0.2) is 46.9 Å². The topological polar surface area (TPSA) is 76.5 Å². The van der Waals surface area contributed by atoms with Gasteiger partial charge in [-0.2, -0.15) is 5.10 Å². The van der Waals surface area contributed by atoms with Crippen molar-refractivity contribution >= 4 is 29.0 Å². The van der Waals surface area contributed by atoms with Crippen molar-refractivity contribution < 1.29 is 14.3 Å². The Labute approximate surface area is 144 Å². The number of hydrogen-bond donors (Lipinski definition) is 1. The SMILES string of the molecule is COC(=O)c1cscc1NC(=O)N1CCC[C@H](n2cc(C)cn2)C1. The summed E-state index contributed by atoms with van der Waals surface area (Å²) < 4.78 is 6.66. The Morgan fingerprint density at radius 2 is 2.25 bits per heavy atom. The van der Waals surface area contributed by atoms with E-state index < -0.39 is 5.97 Å². The lowest BCUT2D eigenvalue weighted by atomic mass is 10.1. The molecule has 0 unspecified atom stereocenters. The number of carbonyl (C=O) groups excluding carboxylic acids is 2. The van der Waals surface area contributed by atoms with Crippen LogP contribution in [0.15, 0.2) is 23.2 Å². The van der Waals surface area contributed by atoms with Crippen molar-refractivity contribution in [1.82, 2.24) is 14.7 Å². The second-order valence-electron chi connectivity index (χ2n) is 5.86. The van der Waals surface area contributed by atoms with E-state index in [2.05, 4.69) is 10.4 Å². The molecule has 2 aromatic rings. The number of esters is 1. The van der Waals surface area contributed by atoms with Gasteiger partial charge in [-0.05, 0) is 25.3 Å². The van der Waals surface area contributed by atoms with Crippen LogP contribution < -0.4 is 5.32 Å². The highest BCUT2D eigenvalue weighted by molar-refractivity contribution is 7.08. The standard InChI is InChI=1S/C16H20N4O3S/c1-11-6-17-20(7-11)12-4-3-5-19(8-12)16(22)18-14-10-24-9-13(14)15(21)23-2/h6-7,9-10,12H,3-5,8H2,1-2H3,(H,18,22)/t12-/m0/s1. The van der Waals surface area contributed by atoms with Crippen molar-refractivity contribution in [3.8, 4) is 0 Å². The monoisotopic (exact) mass is 348 g/mol. The van der Waals surface area contributed by atoms with E-state index in [9.17, 15) is 9.59 Å². The fourth-order valence-corrected chi connectivity index (χ4v) is 3.59. The molecule has 1 aliphatic rings. The lowest BCUT2D eigenvalue weighted by Crippen LogP contribution is -2.43. The molecule has 0 aliphatic carbocycles. The second-order valence-corrected chi connectivity index (χ2v) is 6.60. The predicted octanol–water partition coefficient (Wildman–Crippen LogP) is 2.91. The molecule has 2 aromatic heterocycles. The number of amides is 2. The van der Waals surface area contributed by atoms with Gasteiger partial charge in [0.25, 0.3) is 0 Å². The zero-order chi connectivity index (χ0) is 17.1. The first-order chi connectivity index (χ1) is 11.6. The molecular formula is C16H20N4O3S. The number of likely N-dealkylation sites (tertiary alicyclic amines) is 1. The number of carbonyl (C=O) groups is 2. The van der Waals surface area contributed by atoms with Gasteiger partial charge in [-0.15, -0.1) is 11.3 Å². The molecule has 1 aliphatic heterocycles. The van der Waals surface area contributed by atoms with Gasteiger partial charge in [0, 0.05) is 30.0 Å². The molecule has 3 heterocycles. The van der Waals surface area contributed by atoms with E-state index in [0.29, 0.717) is 24.3 Å². The summed E-state index contributed by atoms with van der Waals surface area (Å²) in [5.41, 5.74) is 1.98. The van der Waals surface area contributed by atoms with Gasteiger partial charge in [0.15, 0.2) is 0 Å². The number of ether oxygens (including phenoxy) is 1. The predicted molar refractivity (Wildman–Crippen MR) is 91.5 cm³/mol. The molecule has 2 amide bonds. The number of aromatic nitrogens is 2. The Hall–Kier alpha value is -2.35. The lowest BCUT2D eigenvalue weighted by Gasteiger charge is -2.32. The number of methoxy groups -OCH3 is 1. The van der Waals surface area contributed by atoms with Crippen molar-refractivity contribution in [2.75, 3.05) is 25.5 Å². The van der Waals surface area contributed by atoms with Crippen LogP contribution >= 0.6 is 11.3 Å². The van der Waals surface area contributed by atoms with Crippen LogP contribution in [0.4, 0.5) is 10.5 Å². The van der Waals surface area contributed by atoms with Gasteiger partial charge in [0.05, 0.1) is 30.6 Å². The summed E-state index contributed by atoms with van der Waals surface area (Å²) in [7, 11) is 1.33. The molecule has 128 valence electrons. The molecule has 0 bridgehead atoms. The number of nitrogens with zero attached hydrogens (tertiary/aromatic N) is 3. The Morgan fingerprint density at radius 3 is 2.96 bits per heavy atom. The van der Waals surface area contributed by atoms with Gasteiger partial charge in [-0.3, -0.25) is 4.68 Å². The molecule has 0 spiro atoms. The van der Waals surface area contributed by atoms with E-state index in [0.717, 1.165) is 18.4 Å². The third kappa shape index (κ3) is 3.43. The van der Waals surface area contributed by atoms with E-state index in [1.807, 2.05) is 24.0 Å². The van der Waals surface area contributed by atoms with Gasteiger partial charge in [0.1, 0.15) is 0 Å². The minimum absolute atomic E-state index is 0.181. The van der Waals surface area contributed by atoms with Crippen LogP contribution in [0.2, 0.25) is 0 Å². The van der Waals surface area contributed by atoms with E-state index in [-0.39, 0.29) is 12.1 Å². The Kier molecular flexibility index (Phi) is 4.84. The minimum Gasteiger partial charge on any atom is -0.465 e. The molecule has 0 radical (unpaired) electrons. The highest BCUT2D eigenvalue weighted by Gasteiger charge is 2.26. The number of anilines is 1. The van der Waals surface area contributed by atoms with Crippen LogP contribution in [0.3, 0.4) is 0 Å². The van der Waals surface area contributed by atoms with Crippen molar-refractivity contribution in [2.24, 2.45) is 0 Å². The Balaban J connectivity index is 1.67. The van der Waals surface area contributed by atoms with Gasteiger partial charge in [-0.25, -0.2) is 9.59 Å². The van der Waals surface area contributed by atoms with Crippen molar-refractivity contribution in [3.05, 3.63) is 34.3 Å². The van der Waals surface area contributed by atoms with Crippen LogP contribution in [0.25, 0.3) is 0 Å². The minimum atomic E-state index is -0.449. The average molecular weight is 348 g/mol. The van der Waals surface area contributed by atoms with Gasteiger partial charge < -0.3 is 15.0 Å². The summed E-state index contributed by atoms with van der Waals surface area (Å²) in [6.45, 7) is 3.30. The summed E-state index contributed by atoms with van der Waals surface area (Å²) in [6, 6.07) is -0.0205. The maximum Gasteiger partial charge on any atom is 0.340 e. The number of piperidine rings is 1. The Morgan fingerprint density at radius 1 is 1.42 bits per heavy atom. The fraction of sp³-hybridized carbons (Fsp3) is 0.438. The molecule has 1 N–H and O–H groups in total. The van der Waals surface area contributed by atoms with E-state index in [1.54, 1.807) is 15.7 Å². The highest BCUT2D eigenvalue weighted by atomic mass is 32.1. The molecule has 7 nitrogen and oxygen atoms in total. The van der Waals surface area contributed by atoms with Gasteiger partial charge in [0.2, 0.25) is 0 Å². The largest absolute Gasteiger partial charge is 0.465 e. The van der Waals surface area contributed by atoms with Gasteiger partial charge in [-0.1, -0.05) is 0 Å². The first-order valence-electron chi connectivity index (χ1n) is 7.79. The molecule has 8 heteroatoms. The number of nitrogens with one attached hydrogen (secondary N) is 1. The molecular weight excluding hydrogens is 328 g/mol. The number of rotatable bonds is 3. The molecule has 1 atom stereocenters. The van der Waals surface area contributed by atoms with E-state index >= 15 is 0 Å². The maximum absolute atomic E-state index is 12.5. The fourth-order valence-electron chi connectivity index (χ4n) is 2.84. The third-order valence-corrected chi connectivity index (χ3v) is 4.84. The number of aryl methyl sites for hydroxylation is 1. The number of urea groups is 1. The second kappa shape index (κ2) is 7.04.